The Hall–Kier alpha value is -0.0800. The Morgan fingerprint density at radius 3 is 2.56 bits per heavy atom. The first-order chi connectivity index (χ1) is 8.41. The molecule has 2 nitrogen and oxygen atoms in total. The van der Waals surface area contributed by atoms with Crippen LogP contribution in [0.15, 0.2) is 0 Å². The lowest BCUT2D eigenvalue weighted by Crippen LogP contribution is -2.51. The number of hydrogen-bond donors (Lipinski definition) is 2. The Labute approximate surface area is 113 Å². The Kier molecular flexibility index (Phi) is 4.38. The highest BCUT2D eigenvalue weighted by atomic mass is 16.3. The van der Waals surface area contributed by atoms with Crippen LogP contribution < -0.4 is 5.32 Å². The summed E-state index contributed by atoms with van der Waals surface area (Å²) in [6.45, 7) is 7.81. The minimum atomic E-state index is -0.439. The van der Waals surface area contributed by atoms with Crippen molar-refractivity contribution in [2.75, 3.05) is 6.54 Å². The molecule has 0 radical (unpaired) electrons. The van der Waals surface area contributed by atoms with Crippen molar-refractivity contribution in [3.63, 3.8) is 0 Å². The van der Waals surface area contributed by atoms with Crippen LogP contribution in [0.25, 0.3) is 0 Å². The first-order valence-electron chi connectivity index (χ1n) is 7.87. The number of hydrogen-bond acceptors (Lipinski definition) is 2. The molecule has 0 aliphatic heterocycles. The minimum Gasteiger partial charge on any atom is -0.389 e. The van der Waals surface area contributed by atoms with Crippen LogP contribution in [0.4, 0.5) is 0 Å². The third-order valence-corrected chi connectivity index (χ3v) is 5.25. The molecule has 2 N–H and O–H groups in total. The van der Waals surface area contributed by atoms with Crippen molar-refractivity contribution in [3.8, 4) is 0 Å². The molecule has 0 aromatic carbocycles. The standard InChI is InChI=1S/C16H31NO/c1-13-7-6-10-16(18,11-13)12-17-14-8-4-5-9-15(14,2)3/h13-14,17-18H,4-12H2,1-3H3. The van der Waals surface area contributed by atoms with Crippen LogP contribution in [0.1, 0.15) is 72.1 Å². The summed E-state index contributed by atoms with van der Waals surface area (Å²) in [7, 11) is 0. The summed E-state index contributed by atoms with van der Waals surface area (Å²) in [6.07, 6.45) is 9.75. The van der Waals surface area contributed by atoms with Gasteiger partial charge < -0.3 is 10.4 Å². The summed E-state index contributed by atoms with van der Waals surface area (Å²) in [6, 6.07) is 0.590. The Morgan fingerprint density at radius 1 is 1.11 bits per heavy atom. The molecular weight excluding hydrogens is 222 g/mol. The largest absolute Gasteiger partial charge is 0.389 e. The Bertz CT molecular complexity index is 276. The molecular formula is C16H31NO. The monoisotopic (exact) mass is 253 g/mol. The third kappa shape index (κ3) is 3.48. The summed E-state index contributed by atoms with van der Waals surface area (Å²) >= 11 is 0. The molecule has 0 saturated heterocycles. The lowest BCUT2D eigenvalue weighted by Gasteiger charge is -2.42. The van der Waals surface area contributed by atoms with Gasteiger partial charge in [0.15, 0.2) is 0 Å². The van der Waals surface area contributed by atoms with Gasteiger partial charge in [0.2, 0.25) is 0 Å². The molecule has 18 heavy (non-hydrogen) atoms. The molecule has 2 saturated carbocycles. The molecule has 0 heterocycles. The molecule has 2 aliphatic rings. The molecule has 2 fully saturated rings. The van der Waals surface area contributed by atoms with Crippen molar-refractivity contribution in [1.82, 2.24) is 5.32 Å². The zero-order chi connectivity index (χ0) is 13.2. The molecule has 2 rings (SSSR count). The average molecular weight is 253 g/mol. The van der Waals surface area contributed by atoms with Gasteiger partial charge in [0, 0.05) is 12.6 Å². The summed E-state index contributed by atoms with van der Waals surface area (Å²) < 4.78 is 0. The molecule has 2 aliphatic carbocycles. The van der Waals surface area contributed by atoms with Gasteiger partial charge in [-0.25, -0.2) is 0 Å². The van der Waals surface area contributed by atoms with Crippen molar-refractivity contribution in [2.24, 2.45) is 11.3 Å². The smallest absolute Gasteiger partial charge is 0.0774 e. The van der Waals surface area contributed by atoms with Gasteiger partial charge in [-0.05, 0) is 37.0 Å². The Balaban J connectivity index is 1.86. The fourth-order valence-corrected chi connectivity index (χ4v) is 3.98. The molecule has 2 heteroatoms. The van der Waals surface area contributed by atoms with Gasteiger partial charge in [-0.3, -0.25) is 0 Å². The van der Waals surface area contributed by atoms with E-state index in [4.69, 9.17) is 0 Å². The summed E-state index contributed by atoms with van der Waals surface area (Å²) in [5, 5.41) is 14.4. The lowest BCUT2D eigenvalue weighted by molar-refractivity contribution is -0.0188. The predicted octanol–water partition coefficient (Wildman–Crippen LogP) is 3.49. The van der Waals surface area contributed by atoms with E-state index in [1.807, 2.05) is 0 Å². The van der Waals surface area contributed by atoms with Gasteiger partial charge >= 0.3 is 0 Å². The quantitative estimate of drug-likeness (QED) is 0.807. The molecule has 3 atom stereocenters. The van der Waals surface area contributed by atoms with E-state index < -0.39 is 5.60 Å². The van der Waals surface area contributed by atoms with Crippen LogP contribution >= 0.6 is 0 Å². The highest BCUT2D eigenvalue weighted by molar-refractivity contribution is 4.92. The van der Waals surface area contributed by atoms with Gasteiger partial charge in [0.05, 0.1) is 5.60 Å². The van der Waals surface area contributed by atoms with Gasteiger partial charge in [0.1, 0.15) is 0 Å². The van der Waals surface area contributed by atoms with Gasteiger partial charge in [-0.1, -0.05) is 46.5 Å². The lowest BCUT2D eigenvalue weighted by atomic mass is 9.72. The summed E-state index contributed by atoms with van der Waals surface area (Å²) in [5.74, 6) is 0.685. The highest BCUT2D eigenvalue weighted by Crippen LogP contribution is 2.37. The first-order valence-corrected chi connectivity index (χ1v) is 7.87. The fourth-order valence-electron chi connectivity index (χ4n) is 3.98. The maximum atomic E-state index is 10.7. The van der Waals surface area contributed by atoms with E-state index in [1.165, 1.54) is 38.5 Å². The van der Waals surface area contributed by atoms with Crippen LogP contribution in [-0.4, -0.2) is 23.3 Å². The van der Waals surface area contributed by atoms with Gasteiger partial charge in [-0.15, -0.1) is 0 Å². The summed E-state index contributed by atoms with van der Waals surface area (Å²) in [5.41, 5.74) is -0.0416. The molecule has 0 aromatic heterocycles. The topological polar surface area (TPSA) is 32.3 Å². The highest BCUT2D eigenvalue weighted by Gasteiger charge is 2.36. The van der Waals surface area contributed by atoms with E-state index in [2.05, 4.69) is 26.1 Å². The first kappa shape index (κ1) is 14.3. The normalized spacial score (nSPS) is 40.7. The van der Waals surface area contributed by atoms with Crippen LogP contribution in [0.2, 0.25) is 0 Å². The van der Waals surface area contributed by atoms with Crippen molar-refractivity contribution < 1.29 is 5.11 Å². The SMILES string of the molecule is CC1CCCC(O)(CNC2CCCCC2(C)C)C1. The molecule has 0 spiro atoms. The van der Waals surface area contributed by atoms with Crippen molar-refractivity contribution in [3.05, 3.63) is 0 Å². The molecule has 3 unspecified atom stereocenters. The number of nitrogens with one attached hydrogen (secondary N) is 1. The maximum Gasteiger partial charge on any atom is 0.0774 e. The molecule has 0 amide bonds. The van der Waals surface area contributed by atoms with E-state index >= 15 is 0 Å². The summed E-state index contributed by atoms with van der Waals surface area (Å²) in [4.78, 5) is 0. The van der Waals surface area contributed by atoms with Crippen molar-refractivity contribution >= 4 is 0 Å². The zero-order valence-corrected chi connectivity index (χ0v) is 12.5. The second-order valence-corrected chi connectivity index (χ2v) is 7.59. The molecule has 106 valence electrons. The second-order valence-electron chi connectivity index (χ2n) is 7.59. The van der Waals surface area contributed by atoms with E-state index in [-0.39, 0.29) is 0 Å². The van der Waals surface area contributed by atoms with Gasteiger partial charge in [0.25, 0.3) is 0 Å². The fraction of sp³-hybridized carbons (Fsp3) is 1.00. The Morgan fingerprint density at radius 2 is 1.89 bits per heavy atom. The number of aliphatic hydroxyl groups is 1. The van der Waals surface area contributed by atoms with E-state index in [0.717, 1.165) is 19.4 Å². The second kappa shape index (κ2) is 5.50. The van der Waals surface area contributed by atoms with E-state index in [1.54, 1.807) is 0 Å². The average Bonchev–Trinajstić information content (AvgIpc) is 2.26. The molecule has 0 aromatic rings. The number of rotatable bonds is 3. The van der Waals surface area contributed by atoms with Crippen LogP contribution in [-0.2, 0) is 0 Å². The predicted molar refractivity (Wildman–Crippen MR) is 76.6 cm³/mol. The van der Waals surface area contributed by atoms with Gasteiger partial charge in [-0.2, -0.15) is 0 Å². The third-order valence-electron chi connectivity index (χ3n) is 5.25. The maximum absolute atomic E-state index is 10.7. The van der Waals surface area contributed by atoms with E-state index in [0.29, 0.717) is 17.4 Å². The molecule has 0 bridgehead atoms. The zero-order valence-electron chi connectivity index (χ0n) is 12.5. The van der Waals surface area contributed by atoms with E-state index in [9.17, 15) is 5.11 Å². The van der Waals surface area contributed by atoms with Crippen molar-refractivity contribution in [2.45, 2.75) is 83.8 Å². The van der Waals surface area contributed by atoms with Crippen molar-refractivity contribution in [1.29, 1.82) is 0 Å². The van der Waals surface area contributed by atoms with Crippen LogP contribution in [0, 0.1) is 11.3 Å². The minimum absolute atomic E-state index is 0.398. The van der Waals surface area contributed by atoms with Crippen LogP contribution in [0.3, 0.4) is 0 Å². The van der Waals surface area contributed by atoms with Crippen LogP contribution in [0.5, 0.6) is 0 Å².